The summed E-state index contributed by atoms with van der Waals surface area (Å²) in [6.07, 6.45) is 7.24. The Kier molecular flexibility index (Phi) is 3.19. The van der Waals surface area contributed by atoms with Crippen LogP contribution < -0.4 is 0 Å². The van der Waals surface area contributed by atoms with Gasteiger partial charge in [-0.15, -0.1) is 0 Å². The summed E-state index contributed by atoms with van der Waals surface area (Å²) < 4.78 is 0. The standard InChI is InChI=1S/C12H17NO2/c14-11-5-4-6-12(15)10(11)9-13-7-2-1-3-8-13/h9H,1-8H2. The molecule has 0 bridgehead atoms. The van der Waals surface area contributed by atoms with E-state index in [-0.39, 0.29) is 11.6 Å². The van der Waals surface area contributed by atoms with Gasteiger partial charge in [0.2, 0.25) is 0 Å². The summed E-state index contributed by atoms with van der Waals surface area (Å²) in [6, 6.07) is 0. The van der Waals surface area contributed by atoms with Crippen molar-refractivity contribution in [2.75, 3.05) is 13.1 Å². The lowest BCUT2D eigenvalue weighted by molar-refractivity contribution is -0.123. The maximum atomic E-state index is 11.6. The summed E-state index contributed by atoms with van der Waals surface area (Å²) >= 11 is 0. The largest absolute Gasteiger partial charge is 0.377 e. The normalized spacial score (nSPS) is 23.2. The molecule has 1 saturated carbocycles. The molecule has 1 saturated heterocycles. The van der Waals surface area contributed by atoms with Crippen molar-refractivity contribution in [2.45, 2.75) is 38.5 Å². The molecule has 0 unspecified atom stereocenters. The van der Waals surface area contributed by atoms with Crippen molar-refractivity contribution in [2.24, 2.45) is 0 Å². The molecule has 0 amide bonds. The second-order valence-electron chi connectivity index (χ2n) is 4.34. The van der Waals surface area contributed by atoms with Crippen LogP contribution in [0.15, 0.2) is 11.8 Å². The molecule has 82 valence electrons. The van der Waals surface area contributed by atoms with Crippen molar-refractivity contribution in [3.63, 3.8) is 0 Å². The first kappa shape index (κ1) is 10.4. The smallest absolute Gasteiger partial charge is 0.167 e. The van der Waals surface area contributed by atoms with E-state index < -0.39 is 0 Å². The van der Waals surface area contributed by atoms with E-state index in [1.165, 1.54) is 19.3 Å². The first-order chi connectivity index (χ1) is 7.27. The molecule has 0 aromatic carbocycles. The molecule has 2 rings (SSSR count). The highest BCUT2D eigenvalue weighted by atomic mass is 16.1. The summed E-state index contributed by atoms with van der Waals surface area (Å²) in [6.45, 7) is 1.98. The molecular formula is C12H17NO2. The number of nitrogens with zero attached hydrogens (tertiary/aromatic N) is 1. The lowest BCUT2D eigenvalue weighted by Gasteiger charge is -2.26. The van der Waals surface area contributed by atoms with E-state index in [1.54, 1.807) is 0 Å². The van der Waals surface area contributed by atoms with Gasteiger partial charge in [0.1, 0.15) is 0 Å². The molecule has 2 aliphatic rings. The van der Waals surface area contributed by atoms with Crippen molar-refractivity contribution in [3.05, 3.63) is 11.8 Å². The summed E-state index contributed by atoms with van der Waals surface area (Å²) in [5.41, 5.74) is 0.447. The van der Waals surface area contributed by atoms with Gasteiger partial charge >= 0.3 is 0 Å². The van der Waals surface area contributed by atoms with Crippen molar-refractivity contribution in [1.29, 1.82) is 0 Å². The van der Waals surface area contributed by atoms with Crippen molar-refractivity contribution < 1.29 is 9.59 Å². The van der Waals surface area contributed by atoms with Crippen molar-refractivity contribution in [3.8, 4) is 0 Å². The van der Waals surface area contributed by atoms with Crippen LogP contribution in [0.3, 0.4) is 0 Å². The van der Waals surface area contributed by atoms with Crippen LogP contribution in [0.2, 0.25) is 0 Å². The Morgan fingerprint density at radius 1 is 0.867 bits per heavy atom. The van der Waals surface area contributed by atoms with Crippen molar-refractivity contribution >= 4 is 11.6 Å². The van der Waals surface area contributed by atoms with Crippen LogP contribution in [0, 0.1) is 0 Å². The van der Waals surface area contributed by atoms with Crippen LogP contribution in [-0.2, 0) is 9.59 Å². The number of carbonyl (C=O) groups is 2. The summed E-state index contributed by atoms with van der Waals surface area (Å²) in [4.78, 5) is 25.3. The van der Waals surface area contributed by atoms with Gasteiger partial charge < -0.3 is 4.90 Å². The minimum atomic E-state index is 0.0387. The molecule has 3 heteroatoms. The molecule has 2 fully saturated rings. The van der Waals surface area contributed by atoms with E-state index >= 15 is 0 Å². The van der Waals surface area contributed by atoms with Gasteiger partial charge in [0.05, 0.1) is 5.57 Å². The van der Waals surface area contributed by atoms with Crippen LogP contribution in [-0.4, -0.2) is 29.6 Å². The van der Waals surface area contributed by atoms with Gasteiger partial charge in [-0.2, -0.15) is 0 Å². The van der Waals surface area contributed by atoms with E-state index in [9.17, 15) is 9.59 Å². The van der Waals surface area contributed by atoms with Crippen LogP contribution in [0.25, 0.3) is 0 Å². The molecule has 0 aromatic rings. The monoisotopic (exact) mass is 207 g/mol. The Balaban J connectivity index is 2.08. The zero-order valence-corrected chi connectivity index (χ0v) is 9.00. The second kappa shape index (κ2) is 4.60. The molecule has 1 aliphatic heterocycles. The van der Waals surface area contributed by atoms with E-state index in [2.05, 4.69) is 4.90 Å². The number of allylic oxidation sites excluding steroid dienone is 1. The minimum absolute atomic E-state index is 0.0387. The Bertz CT molecular complexity index is 283. The predicted octanol–water partition coefficient (Wildman–Crippen LogP) is 1.68. The number of Topliss-reactive ketones (excluding diaryl/α,β-unsaturated/α-hetero) is 2. The zero-order chi connectivity index (χ0) is 10.7. The second-order valence-corrected chi connectivity index (χ2v) is 4.34. The maximum Gasteiger partial charge on any atom is 0.167 e. The summed E-state index contributed by atoms with van der Waals surface area (Å²) in [5, 5.41) is 0. The quantitative estimate of drug-likeness (QED) is 0.485. The van der Waals surface area contributed by atoms with Crippen LogP contribution in [0.5, 0.6) is 0 Å². The number of hydrogen-bond donors (Lipinski definition) is 0. The fourth-order valence-electron chi connectivity index (χ4n) is 2.21. The van der Waals surface area contributed by atoms with E-state index in [1.807, 2.05) is 6.20 Å². The lowest BCUT2D eigenvalue weighted by atomic mass is 9.93. The minimum Gasteiger partial charge on any atom is -0.377 e. The Morgan fingerprint density at radius 2 is 1.47 bits per heavy atom. The Hall–Kier alpha value is -1.12. The van der Waals surface area contributed by atoms with Gasteiger partial charge in [-0.25, -0.2) is 0 Å². The van der Waals surface area contributed by atoms with Crippen LogP contribution in [0.1, 0.15) is 38.5 Å². The molecule has 0 radical (unpaired) electrons. The summed E-state index contributed by atoms with van der Waals surface area (Å²) in [7, 11) is 0. The third-order valence-corrected chi connectivity index (χ3v) is 3.11. The number of rotatable bonds is 1. The highest BCUT2D eigenvalue weighted by Crippen LogP contribution is 2.18. The Labute approximate surface area is 90.1 Å². The fraction of sp³-hybridized carbons (Fsp3) is 0.667. The van der Waals surface area contributed by atoms with Gasteiger partial charge in [0.25, 0.3) is 0 Å². The van der Waals surface area contributed by atoms with Gasteiger partial charge in [0.15, 0.2) is 11.6 Å². The van der Waals surface area contributed by atoms with E-state index in [4.69, 9.17) is 0 Å². The molecule has 1 aliphatic carbocycles. The molecule has 0 atom stereocenters. The number of ketones is 2. The zero-order valence-electron chi connectivity index (χ0n) is 9.00. The molecule has 1 heterocycles. The summed E-state index contributed by atoms with van der Waals surface area (Å²) in [5.74, 6) is 0.0775. The van der Waals surface area contributed by atoms with Crippen LogP contribution in [0.4, 0.5) is 0 Å². The SMILES string of the molecule is O=C1CCCC(=O)C1=CN1CCCCC1. The molecule has 0 aromatic heterocycles. The van der Waals surface area contributed by atoms with E-state index in [0.29, 0.717) is 18.4 Å². The number of carbonyl (C=O) groups excluding carboxylic acids is 2. The predicted molar refractivity (Wildman–Crippen MR) is 57.4 cm³/mol. The number of piperidine rings is 1. The third kappa shape index (κ3) is 2.46. The number of likely N-dealkylation sites (tertiary alicyclic amines) is 1. The van der Waals surface area contributed by atoms with Crippen molar-refractivity contribution in [1.82, 2.24) is 4.90 Å². The highest BCUT2D eigenvalue weighted by Gasteiger charge is 2.24. The lowest BCUT2D eigenvalue weighted by Crippen LogP contribution is -2.28. The Morgan fingerprint density at radius 3 is 2.07 bits per heavy atom. The van der Waals surface area contributed by atoms with E-state index in [0.717, 1.165) is 19.5 Å². The third-order valence-electron chi connectivity index (χ3n) is 3.11. The molecule has 0 spiro atoms. The number of hydrogen-bond acceptors (Lipinski definition) is 3. The molecule has 3 nitrogen and oxygen atoms in total. The van der Waals surface area contributed by atoms with Gasteiger partial charge in [0, 0.05) is 32.1 Å². The average molecular weight is 207 g/mol. The van der Waals surface area contributed by atoms with Gasteiger partial charge in [-0.3, -0.25) is 9.59 Å². The highest BCUT2D eigenvalue weighted by molar-refractivity contribution is 6.21. The first-order valence-corrected chi connectivity index (χ1v) is 5.79. The van der Waals surface area contributed by atoms with Gasteiger partial charge in [-0.05, 0) is 25.7 Å². The fourth-order valence-corrected chi connectivity index (χ4v) is 2.21. The van der Waals surface area contributed by atoms with Crippen LogP contribution >= 0.6 is 0 Å². The maximum absolute atomic E-state index is 11.6. The first-order valence-electron chi connectivity index (χ1n) is 5.79. The molecule has 15 heavy (non-hydrogen) atoms. The van der Waals surface area contributed by atoms with Gasteiger partial charge in [-0.1, -0.05) is 0 Å². The topological polar surface area (TPSA) is 37.4 Å². The average Bonchev–Trinajstić information content (AvgIpc) is 2.25. The molecular weight excluding hydrogens is 190 g/mol. The molecule has 0 N–H and O–H groups in total.